The van der Waals surface area contributed by atoms with Gasteiger partial charge in [0.25, 0.3) is 0 Å². The first-order valence-corrected chi connectivity index (χ1v) is 0.333. The van der Waals surface area contributed by atoms with E-state index in [1.807, 2.05) is 0 Å². The fourth-order valence-electron chi connectivity index (χ4n) is 0. The van der Waals surface area contributed by atoms with Crippen LogP contribution in [-0.2, 0) is 0 Å². The van der Waals surface area contributed by atoms with Crippen molar-refractivity contribution < 1.29 is 5.48 Å². The molecule has 0 aliphatic carbocycles. The van der Waals surface area contributed by atoms with Crippen molar-refractivity contribution in [3.05, 3.63) is 0 Å². The van der Waals surface area contributed by atoms with E-state index in [2.05, 4.69) is 11.7 Å². The van der Waals surface area contributed by atoms with Gasteiger partial charge in [0.15, 0.2) is 0 Å². The Labute approximate surface area is 35.1 Å². The SMILES string of the molecule is NN.O.[SeH2]. The van der Waals surface area contributed by atoms with Crippen LogP contribution in [0.25, 0.3) is 0 Å². The summed E-state index contributed by atoms with van der Waals surface area (Å²) in [6, 6.07) is 0. The molecule has 0 atom stereocenters. The molecule has 0 rings (SSSR count). The van der Waals surface area contributed by atoms with Crippen LogP contribution in [0.4, 0.5) is 0 Å². The van der Waals surface area contributed by atoms with Gasteiger partial charge in [-0.3, -0.25) is 11.7 Å². The average molecular weight is 131 g/mol. The topological polar surface area (TPSA) is 83.5 Å². The second-order valence-electron chi connectivity index (χ2n) is 0. The molecule has 0 aliphatic heterocycles. The van der Waals surface area contributed by atoms with E-state index in [0.717, 1.165) is 0 Å². The van der Waals surface area contributed by atoms with Gasteiger partial charge in [-0.05, 0) is 0 Å². The van der Waals surface area contributed by atoms with Crippen molar-refractivity contribution in [2.24, 2.45) is 11.7 Å². The third-order valence-electron chi connectivity index (χ3n) is 0. The molecule has 0 amide bonds. The molecule has 0 saturated heterocycles. The Bertz CT molecular complexity index is 6.00. The number of hydrogen-bond acceptors (Lipinski definition) is 2. The molecule has 0 aromatic carbocycles. The molecule has 0 saturated carbocycles. The zero-order valence-corrected chi connectivity index (χ0v) is 4.25. The average Bonchev–Trinajstić information content (AvgIpc) is 1.00. The van der Waals surface area contributed by atoms with E-state index in [9.17, 15) is 0 Å². The predicted molar refractivity (Wildman–Crippen MR) is 20.5 cm³/mol. The van der Waals surface area contributed by atoms with E-state index < -0.39 is 0 Å². The third-order valence-corrected chi connectivity index (χ3v) is 0. The Morgan fingerprint density at radius 2 is 1.00 bits per heavy atom. The Hall–Kier alpha value is 0.399. The third kappa shape index (κ3) is 29.4. The van der Waals surface area contributed by atoms with Crippen LogP contribution >= 0.6 is 0 Å². The van der Waals surface area contributed by atoms with Crippen molar-refractivity contribution in [1.82, 2.24) is 0 Å². The second kappa shape index (κ2) is 123. The molecule has 6 N–H and O–H groups in total. The Morgan fingerprint density at radius 3 is 1.00 bits per heavy atom. The minimum atomic E-state index is 0. The summed E-state index contributed by atoms with van der Waals surface area (Å²) < 4.78 is 0. The minimum absolute atomic E-state index is 0. The van der Waals surface area contributed by atoms with Crippen LogP contribution in [-0.4, -0.2) is 22.5 Å². The molecule has 3 nitrogen and oxygen atoms in total. The molecule has 0 fully saturated rings. The molecule has 4 heteroatoms. The van der Waals surface area contributed by atoms with Gasteiger partial charge in [0.1, 0.15) is 0 Å². The number of hydrogen-bond donors (Lipinski definition) is 2. The monoisotopic (exact) mass is 132 g/mol. The Kier molecular flexibility index (Phi) is 796. The Balaban J connectivity index is -0.00000000500. The van der Waals surface area contributed by atoms with Gasteiger partial charge in [-0.25, -0.2) is 0 Å². The molecule has 0 aromatic rings. The second-order valence-corrected chi connectivity index (χ2v) is 0. The van der Waals surface area contributed by atoms with Crippen LogP contribution in [0.5, 0.6) is 0 Å². The summed E-state index contributed by atoms with van der Waals surface area (Å²) in [5.74, 6) is 8.00. The van der Waals surface area contributed by atoms with Crippen LogP contribution in [0.3, 0.4) is 0 Å². The zero-order valence-electron chi connectivity index (χ0n) is 2.15. The van der Waals surface area contributed by atoms with Gasteiger partial charge < -0.3 is 5.48 Å². The summed E-state index contributed by atoms with van der Waals surface area (Å²) in [6.07, 6.45) is 0. The zero-order chi connectivity index (χ0) is 2.00. The van der Waals surface area contributed by atoms with E-state index in [1.54, 1.807) is 0 Å². The Morgan fingerprint density at radius 1 is 1.00 bits per heavy atom. The van der Waals surface area contributed by atoms with Gasteiger partial charge in [-0.1, -0.05) is 0 Å². The van der Waals surface area contributed by atoms with Crippen molar-refractivity contribution in [3.8, 4) is 0 Å². The molecule has 4 heavy (non-hydrogen) atoms. The van der Waals surface area contributed by atoms with Gasteiger partial charge in [0, 0.05) is 0 Å². The molecule has 0 heterocycles. The fraction of sp³-hybridized carbons (Fsp3) is 0. The van der Waals surface area contributed by atoms with Crippen molar-refractivity contribution in [3.63, 3.8) is 0 Å². The first-order chi connectivity index (χ1) is 1.00. The molecule has 30 valence electrons. The van der Waals surface area contributed by atoms with Crippen LogP contribution in [0.2, 0.25) is 0 Å². The van der Waals surface area contributed by atoms with Gasteiger partial charge >= 0.3 is 17.1 Å². The van der Waals surface area contributed by atoms with Gasteiger partial charge in [0.05, 0.1) is 0 Å². The van der Waals surface area contributed by atoms with Crippen LogP contribution in [0, 0.1) is 0 Å². The number of nitrogens with two attached hydrogens (primary N) is 2. The molecule has 0 unspecified atom stereocenters. The van der Waals surface area contributed by atoms with Gasteiger partial charge in [0.2, 0.25) is 0 Å². The van der Waals surface area contributed by atoms with Gasteiger partial charge in [-0.2, -0.15) is 0 Å². The van der Waals surface area contributed by atoms with E-state index in [1.165, 1.54) is 0 Å². The molecule has 0 spiro atoms. The van der Waals surface area contributed by atoms with Crippen molar-refractivity contribution in [2.45, 2.75) is 0 Å². The van der Waals surface area contributed by atoms with Crippen molar-refractivity contribution in [2.75, 3.05) is 0 Å². The summed E-state index contributed by atoms with van der Waals surface area (Å²) in [7, 11) is 0. The maximum atomic E-state index is 4.00. The van der Waals surface area contributed by atoms with Crippen LogP contribution in [0.1, 0.15) is 0 Å². The summed E-state index contributed by atoms with van der Waals surface area (Å²) in [4.78, 5) is 0. The molecule has 0 radical (unpaired) electrons. The molecule has 0 aliphatic rings. The molecule has 0 aromatic heterocycles. The fourth-order valence-corrected chi connectivity index (χ4v) is 0. The predicted octanol–water partition coefficient (Wildman–Crippen LogP) is -2.92. The van der Waals surface area contributed by atoms with E-state index in [0.29, 0.717) is 0 Å². The first-order valence-electron chi connectivity index (χ1n) is 0.333. The van der Waals surface area contributed by atoms with Crippen LogP contribution < -0.4 is 11.7 Å². The summed E-state index contributed by atoms with van der Waals surface area (Å²) in [5, 5.41) is 0. The molecule has 0 bridgehead atoms. The van der Waals surface area contributed by atoms with E-state index in [4.69, 9.17) is 0 Å². The maximum absolute atomic E-state index is 4.00. The number of rotatable bonds is 0. The summed E-state index contributed by atoms with van der Waals surface area (Å²) in [5.41, 5.74) is 0. The summed E-state index contributed by atoms with van der Waals surface area (Å²) >= 11 is 0. The normalized spacial score (nSPS) is 1.50. The van der Waals surface area contributed by atoms with Crippen LogP contribution in [0.15, 0.2) is 0 Å². The molecular weight excluding hydrogens is 123 g/mol. The quantitative estimate of drug-likeness (QED) is 0.209. The number of hydrazine groups is 1. The van der Waals surface area contributed by atoms with Gasteiger partial charge in [-0.15, -0.1) is 0 Å². The van der Waals surface area contributed by atoms with Crippen molar-refractivity contribution >= 4 is 17.1 Å². The summed E-state index contributed by atoms with van der Waals surface area (Å²) in [6.45, 7) is 0. The van der Waals surface area contributed by atoms with E-state index in [-0.39, 0.29) is 22.5 Å². The molecular formula is H8N2OSe. The standard InChI is InChI=1S/H4N2.H2O.H2Se/c1-2;;/h1-2H2;2*1H2. The van der Waals surface area contributed by atoms with Crippen molar-refractivity contribution in [1.29, 1.82) is 0 Å². The first kappa shape index (κ1) is 26.0. The van der Waals surface area contributed by atoms with E-state index >= 15 is 0 Å².